The Kier molecular flexibility index (Phi) is 6.64. The molecule has 2 N–H and O–H groups in total. The topological polar surface area (TPSA) is 54.3 Å². The summed E-state index contributed by atoms with van der Waals surface area (Å²) in [7, 11) is 0. The van der Waals surface area contributed by atoms with Crippen LogP contribution in [0.1, 0.15) is 16.9 Å². The minimum Gasteiger partial charge on any atom is -0.457 e. The average Bonchev–Trinajstić information content (AvgIpc) is 3.14. The Morgan fingerprint density at radius 2 is 1.82 bits per heavy atom. The lowest BCUT2D eigenvalue weighted by Gasteiger charge is -2.12. The maximum Gasteiger partial charge on any atom is 0.250 e. The van der Waals surface area contributed by atoms with Gasteiger partial charge in [0.1, 0.15) is 11.5 Å². The zero-order valence-corrected chi connectivity index (χ0v) is 18.4. The maximum absolute atomic E-state index is 12.1. The van der Waals surface area contributed by atoms with Crippen LogP contribution in [0, 0.1) is 17.4 Å². The maximum atomic E-state index is 12.1. The highest BCUT2D eigenvalue weighted by Crippen LogP contribution is 2.23. The summed E-state index contributed by atoms with van der Waals surface area (Å²) in [5.74, 6) is 1.02. The van der Waals surface area contributed by atoms with Crippen LogP contribution in [0.15, 0.2) is 65.1 Å². The van der Waals surface area contributed by atoms with Gasteiger partial charge in [-0.1, -0.05) is 30.3 Å². The second kappa shape index (κ2) is 9.16. The number of benzene rings is 2. The molecule has 28 heavy (non-hydrogen) atoms. The van der Waals surface area contributed by atoms with Crippen molar-refractivity contribution in [1.29, 1.82) is 0 Å². The Hall–Kier alpha value is -2.45. The Bertz CT molecular complexity index is 1040. The molecular formula is C22H19IN2O2S. The van der Waals surface area contributed by atoms with Crippen LogP contribution in [0.3, 0.4) is 0 Å². The van der Waals surface area contributed by atoms with Gasteiger partial charge in [-0.3, -0.25) is 10.1 Å². The fourth-order valence-corrected chi connectivity index (χ4v) is 3.41. The van der Waals surface area contributed by atoms with Gasteiger partial charge in [0, 0.05) is 20.9 Å². The van der Waals surface area contributed by atoms with E-state index in [1.807, 2.05) is 62.4 Å². The first kappa shape index (κ1) is 20.3. The number of furan rings is 1. The molecule has 0 radical (unpaired) electrons. The molecule has 2 aromatic carbocycles. The standard InChI is InChI=1S/C22H19IN2O2S/c1-14-13-19(15(2)12-18(14)23)24-22(28)25-21(26)11-9-17-8-10-20(27-17)16-6-4-3-5-7-16/h3-13H,1-2H3,(H2,24,25,26,28)/b11-9+. The number of amides is 1. The zero-order valence-electron chi connectivity index (χ0n) is 15.5. The number of halogens is 1. The molecule has 0 fully saturated rings. The van der Waals surface area contributed by atoms with Gasteiger partial charge in [0.25, 0.3) is 0 Å². The summed E-state index contributed by atoms with van der Waals surface area (Å²) in [6, 6.07) is 17.6. The van der Waals surface area contributed by atoms with E-state index < -0.39 is 0 Å². The molecule has 0 aliphatic rings. The third-order valence-corrected chi connectivity index (χ3v) is 5.44. The predicted molar refractivity (Wildman–Crippen MR) is 126 cm³/mol. The molecule has 3 rings (SSSR count). The lowest BCUT2D eigenvalue weighted by atomic mass is 10.1. The fourth-order valence-electron chi connectivity index (χ4n) is 2.58. The first-order valence-electron chi connectivity index (χ1n) is 8.64. The highest BCUT2D eigenvalue weighted by atomic mass is 127. The summed E-state index contributed by atoms with van der Waals surface area (Å²) in [5.41, 5.74) is 4.08. The van der Waals surface area contributed by atoms with Crippen LogP contribution in [-0.2, 0) is 4.79 Å². The molecule has 0 atom stereocenters. The van der Waals surface area contributed by atoms with Crippen LogP contribution in [-0.4, -0.2) is 11.0 Å². The van der Waals surface area contributed by atoms with Crippen LogP contribution in [0.4, 0.5) is 5.69 Å². The van der Waals surface area contributed by atoms with Gasteiger partial charge in [-0.25, -0.2) is 0 Å². The summed E-state index contributed by atoms with van der Waals surface area (Å²) in [5, 5.41) is 5.97. The summed E-state index contributed by atoms with van der Waals surface area (Å²) in [6.45, 7) is 4.03. The van der Waals surface area contributed by atoms with Gasteiger partial charge < -0.3 is 9.73 Å². The van der Waals surface area contributed by atoms with Gasteiger partial charge in [0.15, 0.2) is 5.11 Å². The van der Waals surface area contributed by atoms with Gasteiger partial charge in [0.05, 0.1) is 0 Å². The molecule has 0 spiro atoms. The third kappa shape index (κ3) is 5.30. The van der Waals surface area contributed by atoms with E-state index in [-0.39, 0.29) is 11.0 Å². The van der Waals surface area contributed by atoms with Crippen molar-refractivity contribution in [2.75, 3.05) is 5.32 Å². The molecule has 4 nitrogen and oxygen atoms in total. The molecule has 0 saturated heterocycles. The number of nitrogens with one attached hydrogen (secondary N) is 2. The molecule has 3 aromatic rings. The van der Waals surface area contributed by atoms with Gasteiger partial charge in [0.2, 0.25) is 5.91 Å². The second-order valence-corrected chi connectivity index (χ2v) is 7.83. The predicted octanol–water partition coefficient (Wildman–Crippen LogP) is 5.69. The molecule has 0 aliphatic carbocycles. The van der Waals surface area contributed by atoms with Gasteiger partial charge in [-0.2, -0.15) is 0 Å². The normalized spacial score (nSPS) is 10.8. The summed E-state index contributed by atoms with van der Waals surface area (Å²) >= 11 is 7.54. The molecule has 1 aromatic heterocycles. The van der Waals surface area contributed by atoms with E-state index in [0.717, 1.165) is 28.1 Å². The van der Waals surface area contributed by atoms with Gasteiger partial charge in [-0.05, 0) is 90.1 Å². The zero-order chi connectivity index (χ0) is 20.1. The Morgan fingerprint density at radius 1 is 1.07 bits per heavy atom. The Labute approximate surface area is 183 Å². The van der Waals surface area contributed by atoms with E-state index in [9.17, 15) is 4.79 Å². The number of anilines is 1. The molecule has 1 heterocycles. The fraction of sp³-hybridized carbons (Fsp3) is 0.0909. The van der Waals surface area contributed by atoms with Crippen LogP contribution in [0.25, 0.3) is 17.4 Å². The molecule has 142 valence electrons. The highest BCUT2D eigenvalue weighted by molar-refractivity contribution is 14.1. The van der Waals surface area contributed by atoms with Crippen molar-refractivity contribution in [1.82, 2.24) is 5.32 Å². The van der Waals surface area contributed by atoms with Crippen molar-refractivity contribution >= 4 is 57.6 Å². The lowest BCUT2D eigenvalue weighted by molar-refractivity contribution is -0.115. The van der Waals surface area contributed by atoms with E-state index in [1.54, 1.807) is 6.08 Å². The van der Waals surface area contributed by atoms with Crippen LogP contribution in [0.5, 0.6) is 0 Å². The third-order valence-electron chi connectivity index (χ3n) is 4.07. The van der Waals surface area contributed by atoms with E-state index in [0.29, 0.717) is 5.76 Å². The number of rotatable bonds is 4. The van der Waals surface area contributed by atoms with Crippen LogP contribution in [0.2, 0.25) is 0 Å². The average molecular weight is 502 g/mol. The molecule has 0 saturated carbocycles. The number of carbonyl (C=O) groups is 1. The van der Waals surface area contributed by atoms with Crippen molar-refractivity contribution in [3.63, 3.8) is 0 Å². The van der Waals surface area contributed by atoms with Crippen LogP contribution < -0.4 is 10.6 Å². The Morgan fingerprint density at radius 3 is 2.57 bits per heavy atom. The van der Waals surface area contributed by atoms with Crippen molar-refractivity contribution in [2.24, 2.45) is 0 Å². The monoisotopic (exact) mass is 502 g/mol. The summed E-state index contributed by atoms with van der Waals surface area (Å²) in [4.78, 5) is 12.1. The SMILES string of the molecule is Cc1cc(NC(=S)NC(=O)/C=C/c2ccc(-c3ccccc3)o2)c(C)cc1I. The molecule has 1 amide bonds. The Balaban J connectivity index is 1.59. The molecule has 0 bridgehead atoms. The number of carbonyl (C=O) groups excluding carboxylic acids is 1. The number of thiocarbonyl (C=S) groups is 1. The van der Waals surface area contributed by atoms with E-state index >= 15 is 0 Å². The van der Waals surface area contributed by atoms with Crippen molar-refractivity contribution < 1.29 is 9.21 Å². The smallest absolute Gasteiger partial charge is 0.250 e. The first-order chi connectivity index (χ1) is 13.4. The number of hydrogen-bond acceptors (Lipinski definition) is 3. The van der Waals surface area contributed by atoms with E-state index in [4.69, 9.17) is 16.6 Å². The van der Waals surface area contributed by atoms with E-state index in [2.05, 4.69) is 39.3 Å². The van der Waals surface area contributed by atoms with Gasteiger partial charge in [-0.15, -0.1) is 0 Å². The minimum atomic E-state index is -0.324. The summed E-state index contributed by atoms with van der Waals surface area (Å²) < 4.78 is 6.93. The lowest BCUT2D eigenvalue weighted by Crippen LogP contribution is -2.33. The van der Waals surface area contributed by atoms with Crippen molar-refractivity contribution in [2.45, 2.75) is 13.8 Å². The first-order valence-corrected chi connectivity index (χ1v) is 10.1. The van der Waals surface area contributed by atoms with Crippen molar-refractivity contribution in [3.05, 3.63) is 81.1 Å². The highest BCUT2D eigenvalue weighted by Gasteiger charge is 2.07. The molecule has 0 unspecified atom stereocenters. The number of aryl methyl sites for hydroxylation is 2. The quantitative estimate of drug-likeness (QED) is 0.273. The van der Waals surface area contributed by atoms with Gasteiger partial charge >= 0.3 is 0 Å². The minimum absolute atomic E-state index is 0.253. The van der Waals surface area contributed by atoms with Crippen LogP contribution >= 0.6 is 34.8 Å². The summed E-state index contributed by atoms with van der Waals surface area (Å²) in [6.07, 6.45) is 3.01. The largest absolute Gasteiger partial charge is 0.457 e. The number of hydrogen-bond donors (Lipinski definition) is 2. The molecule has 6 heteroatoms. The van der Waals surface area contributed by atoms with Crippen molar-refractivity contribution in [3.8, 4) is 11.3 Å². The van der Waals surface area contributed by atoms with E-state index in [1.165, 1.54) is 9.65 Å². The second-order valence-electron chi connectivity index (χ2n) is 6.26. The molecular weight excluding hydrogens is 483 g/mol. The molecule has 0 aliphatic heterocycles.